The maximum Gasteiger partial charge on any atom is 0.416 e. The summed E-state index contributed by atoms with van der Waals surface area (Å²) in [6.45, 7) is 6.70. The van der Waals surface area contributed by atoms with Crippen LogP contribution in [0.1, 0.15) is 19.4 Å². The third-order valence-corrected chi connectivity index (χ3v) is 5.38. The first-order chi connectivity index (χ1) is 14.6. The fourth-order valence-corrected chi connectivity index (χ4v) is 3.54. The van der Waals surface area contributed by atoms with Gasteiger partial charge in [-0.1, -0.05) is 25.4 Å². The number of ether oxygens (including phenoxy) is 1. The van der Waals surface area contributed by atoms with E-state index in [1.807, 2.05) is 38.1 Å². The number of morpholine rings is 1. The SMILES string of the molecule is CC(C)[C@@H](Nc1ccc(C(F)(F)F)cc1Cl)C(=O)Nc1ccc(N2CCOCC2)cc1. The van der Waals surface area contributed by atoms with Crippen molar-refractivity contribution >= 4 is 34.6 Å². The zero-order valence-corrected chi connectivity index (χ0v) is 18.1. The number of nitrogens with zero attached hydrogens (tertiary/aromatic N) is 1. The minimum Gasteiger partial charge on any atom is -0.378 e. The van der Waals surface area contributed by atoms with E-state index < -0.39 is 17.8 Å². The van der Waals surface area contributed by atoms with Gasteiger partial charge in [-0.3, -0.25) is 4.79 Å². The molecule has 1 saturated heterocycles. The molecule has 0 bridgehead atoms. The molecule has 1 atom stereocenters. The quantitative estimate of drug-likeness (QED) is 0.623. The molecule has 0 spiro atoms. The smallest absolute Gasteiger partial charge is 0.378 e. The maximum atomic E-state index is 12.9. The lowest BCUT2D eigenvalue weighted by Crippen LogP contribution is -2.39. The zero-order valence-electron chi connectivity index (χ0n) is 17.3. The molecule has 5 nitrogen and oxygen atoms in total. The molecule has 0 aromatic heterocycles. The van der Waals surface area contributed by atoms with Crippen LogP contribution in [0.25, 0.3) is 0 Å². The van der Waals surface area contributed by atoms with Gasteiger partial charge in [-0.15, -0.1) is 0 Å². The molecule has 0 saturated carbocycles. The third-order valence-electron chi connectivity index (χ3n) is 5.07. The first-order valence-electron chi connectivity index (χ1n) is 10.0. The minimum atomic E-state index is -4.48. The number of hydrogen-bond acceptors (Lipinski definition) is 4. The lowest BCUT2D eigenvalue weighted by molar-refractivity contribution is -0.137. The van der Waals surface area contributed by atoms with Crippen molar-refractivity contribution in [2.75, 3.05) is 41.8 Å². The second-order valence-corrected chi connectivity index (χ2v) is 8.10. The number of anilines is 3. The molecule has 1 fully saturated rings. The Bertz CT molecular complexity index is 898. The number of nitrogens with one attached hydrogen (secondary N) is 2. The van der Waals surface area contributed by atoms with Crippen molar-refractivity contribution in [1.29, 1.82) is 0 Å². The molecule has 1 aliphatic heterocycles. The number of rotatable bonds is 6. The molecule has 9 heteroatoms. The number of carbonyl (C=O) groups excluding carboxylic acids is 1. The van der Waals surface area contributed by atoms with Crippen molar-refractivity contribution in [3.05, 3.63) is 53.1 Å². The van der Waals surface area contributed by atoms with E-state index in [-0.39, 0.29) is 22.5 Å². The van der Waals surface area contributed by atoms with E-state index in [0.29, 0.717) is 18.9 Å². The van der Waals surface area contributed by atoms with Gasteiger partial charge >= 0.3 is 6.18 Å². The largest absolute Gasteiger partial charge is 0.416 e. The van der Waals surface area contributed by atoms with E-state index in [1.54, 1.807) is 0 Å². The normalized spacial score (nSPS) is 15.6. The van der Waals surface area contributed by atoms with Crippen molar-refractivity contribution in [3.8, 4) is 0 Å². The summed E-state index contributed by atoms with van der Waals surface area (Å²) in [5.41, 5.74) is 1.12. The van der Waals surface area contributed by atoms with Gasteiger partial charge in [0.25, 0.3) is 0 Å². The molecule has 2 aromatic rings. The van der Waals surface area contributed by atoms with Crippen molar-refractivity contribution < 1.29 is 22.7 Å². The number of benzene rings is 2. The summed E-state index contributed by atoms with van der Waals surface area (Å²) in [5, 5.41) is 5.74. The highest BCUT2D eigenvalue weighted by Gasteiger charge is 2.31. The maximum absolute atomic E-state index is 12.9. The molecule has 1 amide bonds. The fourth-order valence-electron chi connectivity index (χ4n) is 3.31. The Hall–Kier alpha value is -2.45. The van der Waals surface area contributed by atoms with Crippen LogP contribution < -0.4 is 15.5 Å². The number of alkyl halides is 3. The van der Waals surface area contributed by atoms with Crippen LogP contribution in [-0.4, -0.2) is 38.3 Å². The first kappa shape index (κ1) is 23.2. The number of hydrogen-bond donors (Lipinski definition) is 2. The third kappa shape index (κ3) is 6.04. The summed E-state index contributed by atoms with van der Waals surface area (Å²) in [5.74, 6) is -0.434. The van der Waals surface area contributed by atoms with E-state index in [2.05, 4.69) is 15.5 Å². The van der Waals surface area contributed by atoms with Crippen LogP contribution in [0.15, 0.2) is 42.5 Å². The average molecular weight is 456 g/mol. The summed E-state index contributed by atoms with van der Waals surface area (Å²) in [7, 11) is 0. The van der Waals surface area contributed by atoms with Crippen molar-refractivity contribution in [3.63, 3.8) is 0 Å². The van der Waals surface area contributed by atoms with Crippen molar-refractivity contribution in [1.82, 2.24) is 0 Å². The van der Waals surface area contributed by atoms with Gasteiger partial charge in [0.2, 0.25) is 5.91 Å². The number of halogens is 4. The summed E-state index contributed by atoms with van der Waals surface area (Å²) in [4.78, 5) is 15.1. The Balaban J connectivity index is 1.68. The molecule has 1 heterocycles. The molecule has 2 aromatic carbocycles. The van der Waals surface area contributed by atoms with Crippen LogP contribution in [0, 0.1) is 5.92 Å². The van der Waals surface area contributed by atoms with Crippen LogP contribution in [0.3, 0.4) is 0 Å². The second kappa shape index (κ2) is 9.78. The molecular formula is C22H25ClF3N3O2. The molecule has 3 rings (SSSR count). The molecule has 0 unspecified atom stereocenters. The van der Waals surface area contributed by atoms with Crippen molar-refractivity contribution in [2.24, 2.45) is 5.92 Å². The summed E-state index contributed by atoms with van der Waals surface area (Å²) >= 11 is 6.03. The van der Waals surface area contributed by atoms with Gasteiger partial charge in [0.15, 0.2) is 0 Å². The van der Waals surface area contributed by atoms with Crippen LogP contribution in [-0.2, 0) is 15.7 Å². The monoisotopic (exact) mass is 455 g/mol. The van der Waals surface area contributed by atoms with E-state index in [0.717, 1.165) is 30.9 Å². The van der Waals surface area contributed by atoms with Gasteiger partial charge in [-0.05, 0) is 48.4 Å². The van der Waals surface area contributed by atoms with Crippen LogP contribution in [0.2, 0.25) is 5.02 Å². The summed E-state index contributed by atoms with van der Waals surface area (Å²) in [6.07, 6.45) is -4.48. The molecule has 0 aliphatic carbocycles. The van der Waals surface area contributed by atoms with E-state index in [4.69, 9.17) is 16.3 Å². The summed E-state index contributed by atoms with van der Waals surface area (Å²) in [6, 6.07) is 9.86. The second-order valence-electron chi connectivity index (χ2n) is 7.69. The van der Waals surface area contributed by atoms with E-state index in [9.17, 15) is 18.0 Å². The highest BCUT2D eigenvalue weighted by Crippen LogP contribution is 2.34. The number of carbonyl (C=O) groups is 1. The Kier molecular flexibility index (Phi) is 7.33. The Morgan fingerprint density at radius 2 is 1.74 bits per heavy atom. The Morgan fingerprint density at radius 3 is 2.29 bits per heavy atom. The predicted octanol–water partition coefficient (Wildman–Crippen LogP) is 5.27. The highest BCUT2D eigenvalue weighted by molar-refractivity contribution is 6.33. The molecule has 168 valence electrons. The van der Waals surface area contributed by atoms with Gasteiger partial charge in [-0.25, -0.2) is 0 Å². The molecule has 31 heavy (non-hydrogen) atoms. The van der Waals surface area contributed by atoms with Gasteiger partial charge in [-0.2, -0.15) is 13.2 Å². The van der Waals surface area contributed by atoms with Gasteiger partial charge < -0.3 is 20.3 Å². The zero-order chi connectivity index (χ0) is 22.6. The highest BCUT2D eigenvalue weighted by atomic mass is 35.5. The van der Waals surface area contributed by atoms with Gasteiger partial charge in [0.1, 0.15) is 6.04 Å². The van der Waals surface area contributed by atoms with Crippen molar-refractivity contribution in [2.45, 2.75) is 26.1 Å². The summed E-state index contributed by atoms with van der Waals surface area (Å²) < 4.78 is 43.9. The lowest BCUT2D eigenvalue weighted by Gasteiger charge is -2.29. The Labute approximate surface area is 184 Å². The van der Waals surface area contributed by atoms with E-state index in [1.165, 1.54) is 6.07 Å². The molecule has 1 aliphatic rings. The van der Waals surface area contributed by atoms with Crippen LogP contribution in [0.4, 0.5) is 30.2 Å². The van der Waals surface area contributed by atoms with Gasteiger partial charge in [0, 0.05) is 24.5 Å². The first-order valence-corrected chi connectivity index (χ1v) is 10.4. The van der Waals surface area contributed by atoms with E-state index >= 15 is 0 Å². The average Bonchev–Trinajstić information content (AvgIpc) is 2.73. The Morgan fingerprint density at radius 1 is 1.10 bits per heavy atom. The lowest BCUT2D eigenvalue weighted by atomic mass is 10.0. The van der Waals surface area contributed by atoms with Gasteiger partial charge in [0.05, 0.1) is 29.5 Å². The number of amides is 1. The van der Waals surface area contributed by atoms with Crippen LogP contribution in [0.5, 0.6) is 0 Å². The molecule has 2 N–H and O–H groups in total. The topological polar surface area (TPSA) is 53.6 Å². The molecular weight excluding hydrogens is 431 g/mol. The standard InChI is InChI=1S/C22H25ClF3N3O2/c1-14(2)20(28-19-8-3-15(13-18(19)23)22(24,25)26)21(30)27-16-4-6-17(7-5-16)29-9-11-31-12-10-29/h3-8,13-14,20,28H,9-12H2,1-2H3,(H,27,30)/t20-/m1/s1. The fraction of sp³-hybridized carbons (Fsp3) is 0.409. The predicted molar refractivity (Wildman–Crippen MR) is 117 cm³/mol. The minimum absolute atomic E-state index is 0.0943. The molecule has 0 radical (unpaired) electrons. The van der Waals surface area contributed by atoms with Crippen LogP contribution >= 0.6 is 11.6 Å².